The molecule has 0 bridgehead atoms. The number of methoxy groups -OCH3 is 1. The van der Waals surface area contributed by atoms with Gasteiger partial charge in [0.15, 0.2) is 0 Å². The van der Waals surface area contributed by atoms with E-state index >= 15 is 0 Å². The number of nitrogens with two attached hydrogens (primary N) is 1. The molecular formula is C15H22ClFN2O2. The van der Waals surface area contributed by atoms with E-state index in [-0.39, 0.29) is 30.2 Å². The van der Waals surface area contributed by atoms with Crippen LogP contribution in [0.4, 0.5) is 4.39 Å². The van der Waals surface area contributed by atoms with Crippen molar-refractivity contribution in [3.63, 3.8) is 0 Å². The molecule has 21 heavy (non-hydrogen) atoms. The Bertz CT molecular complexity index is 504. The predicted molar refractivity (Wildman–Crippen MR) is 82.1 cm³/mol. The van der Waals surface area contributed by atoms with Crippen molar-refractivity contribution >= 4 is 18.3 Å². The monoisotopic (exact) mass is 316 g/mol. The molecule has 1 aliphatic rings. The summed E-state index contributed by atoms with van der Waals surface area (Å²) in [6.07, 6.45) is 3.35. The number of carbonyl (C=O) groups is 1. The van der Waals surface area contributed by atoms with Crippen LogP contribution >= 0.6 is 12.4 Å². The van der Waals surface area contributed by atoms with Gasteiger partial charge in [0.2, 0.25) is 5.91 Å². The molecule has 1 aromatic carbocycles. The van der Waals surface area contributed by atoms with Gasteiger partial charge in [-0.25, -0.2) is 4.39 Å². The number of hydrogen-bond donors (Lipinski definition) is 2. The Labute approximate surface area is 130 Å². The van der Waals surface area contributed by atoms with E-state index < -0.39 is 5.54 Å². The van der Waals surface area contributed by atoms with E-state index in [0.29, 0.717) is 24.2 Å². The van der Waals surface area contributed by atoms with Gasteiger partial charge in [-0.15, -0.1) is 12.4 Å². The molecule has 1 aromatic rings. The van der Waals surface area contributed by atoms with Gasteiger partial charge in [-0.05, 0) is 38.0 Å². The average molecular weight is 317 g/mol. The molecule has 4 nitrogen and oxygen atoms in total. The molecule has 1 saturated carbocycles. The zero-order valence-corrected chi connectivity index (χ0v) is 13.1. The highest BCUT2D eigenvalue weighted by molar-refractivity contribution is 5.86. The van der Waals surface area contributed by atoms with Gasteiger partial charge < -0.3 is 15.8 Å². The van der Waals surface area contributed by atoms with Crippen LogP contribution in [-0.2, 0) is 4.79 Å². The van der Waals surface area contributed by atoms with E-state index in [1.165, 1.54) is 19.2 Å². The summed E-state index contributed by atoms with van der Waals surface area (Å²) < 4.78 is 18.6. The van der Waals surface area contributed by atoms with Crippen LogP contribution in [-0.4, -0.2) is 18.6 Å². The molecule has 118 valence electrons. The predicted octanol–water partition coefficient (Wildman–Crippen LogP) is 2.70. The van der Waals surface area contributed by atoms with Gasteiger partial charge in [-0.2, -0.15) is 0 Å². The third-order valence-electron chi connectivity index (χ3n) is 3.95. The third-order valence-corrected chi connectivity index (χ3v) is 3.95. The van der Waals surface area contributed by atoms with E-state index in [1.54, 1.807) is 13.0 Å². The lowest BCUT2D eigenvalue weighted by Gasteiger charge is -2.26. The molecule has 3 N–H and O–H groups in total. The van der Waals surface area contributed by atoms with Crippen LogP contribution in [0.1, 0.15) is 44.2 Å². The zero-order valence-electron chi connectivity index (χ0n) is 12.3. The molecule has 6 heteroatoms. The van der Waals surface area contributed by atoms with Crippen molar-refractivity contribution < 1.29 is 13.9 Å². The highest BCUT2D eigenvalue weighted by Gasteiger charge is 2.37. The van der Waals surface area contributed by atoms with Gasteiger partial charge in [-0.1, -0.05) is 12.8 Å². The van der Waals surface area contributed by atoms with Crippen LogP contribution in [0.5, 0.6) is 5.75 Å². The Morgan fingerprint density at radius 1 is 1.43 bits per heavy atom. The Morgan fingerprint density at radius 3 is 2.62 bits per heavy atom. The first-order chi connectivity index (χ1) is 9.46. The molecule has 1 fully saturated rings. The van der Waals surface area contributed by atoms with Crippen LogP contribution < -0.4 is 15.8 Å². The van der Waals surface area contributed by atoms with Crippen molar-refractivity contribution in [1.82, 2.24) is 5.32 Å². The van der Waals surface area contributed by atoms with Crippen molar-refractivity contribution in [2.45, 2.75) is 44.2 Å². The van der Waals surface area contributed by atoms with Crippen LogP contribution in [0.3, 0.4) is 0 Å². The maximum atomic E-state index is 13.4. The largest absolute Gasteiger partial charge is 0.496 e. The standard InChI is InChI=1S/C15H21FN2O2.ClH/c1-10(12-9-11(16)5-6-13(12)20-2)18-14(19)15(17)7-3-4-8-15;/h5-6,9-10H,3-4,7-8,17H2,1-2H3,(H,18,19);1H. The molecule has 0 radical (unpaired) electrons. The molecule has 1 aliphatic carbocycles. The lowest BCUT2D eigenvalue weighted by atomic mass is 9.97. The first-order valence-corrected chi connectivity index (χ1v) is 6.89. The van der Waals surface area contributed by atoms with Gasteiger partial charge in [0.25, 0.3) is 0 Å². The minimum Gasteiger partial charge on any atom is -0.496 e. The Kier molecular flexibility index (Phi) is 5.98. The molecule has 2 rings (SSSR count). The van der Waals surface area contributed by atoms with Crippen LogP contribution in [0.2, 0.25) is 0 Å². The summed E-state index contributed by atoms with van der Waals surface area (Å²) in [5.74, 6) is 0.0238. The van der Waals surface area contributed by atoms with Crippen molar-refractivity contribution in [3.8, 4) is 5.75 Å². The van der Waals surface area contributed by atoms with Gasteiger partial charge in [0, 0.05) is 5.56 Å². The maximum Gasteiger partial charge on any atom is 0.240 e. The normalized spacial score (nSPS) is 17.7. The minimum absolute atomic E-state index is 0. The quantitative estimate of drug-likeness (QED) is 0.897. The fraction of sp³-hybridized carbons (Fsp3) is 0.533. The van der Waals surface area contributed by atoms with E-state index in [9.17, 15) is 9.18 Å². The summed E-state index contributed by atoms with van der Waals surface area (Å²) in [5.41, 5.74) is 5.94. The third kappa shape index (κ3) is 3.86. The number of rotatable bonds is 4. The second-order valence-electron chi connectivity index (χ2n) is 5.44. The molecular weight excluding hydrogens is 295 g/mol. The molecule has 0 heterocycles. The zero-order chi connectivity index (χ0) is 14.8. The Balaban J connectivity index is 0.00000220. The highest BCUT2D eigenvalue weighted by atomic mass is 35.5. The van der Waals surface area contributed by atoms with E-state index in [4.69, 9.17) is 10.5 Å². The first-order valence-electron chi connectivity index (χ1n) is 6.89. The van der Waals surface area contributed by atoms with Crippen molar-refractivity contribution in [2.24, 2.45) is 5.73 Å². The van der Waals surface area contributed by atoms with Crippen molar-refractivity contribution in [3.05, 3.63) is 29.6 Å². The molecule has 1 unspecified atom stereocenters. The summed E-state index contributed by atoms with van der Waals surface area (Å²) in [7, 11) is 1.52. The number of amides is 1. The molecule has 0 spiro atoms. The topological polar surface area (TPSA) is 64.3 Å². The first kappa shape index (κ1) is 17.7. The second kappa shape index (κ2) is 7.09. The fourth-order valence-corrected chi connectivity index (χ4v) is 2.69. The number of ether oxygens (including phenoxy) is 1. The van der Waals surface area contributed by atoms with Gasteiger partial charge in [0.05, 0.1) is 18.7 Å². The van der Waals surface area contributed by atoms with Gasteiger partial charge >= 0.3 is 0 Å². The van der Waals surface area contributed by atoms with Crippen molar-refractivity contribution in [2.75, 3.05) is 7.11 Å². The van der Waals surface area contributed by atoms with E-state index in [0.717, 1.165) is 12.8 Å². The SMILES string of the molecule is COc1ccc(F)cc1C(C)NC(=O)C1(N)CCCC1.Cl. The minimum atomic E-state index is -0.783. The number of carbonyl (C=O) groups excluding carboxylic acids is 1. The maximum absolute atomic E-state index is 13.4. The fourth-order valence-electron chi connectivity index (χ4n) is 2.69. The number of hydrogen-bond acceptors (Lipinski definition) is 3. The second-order valence-corrected chi connectivity index (χ2v) is 5.44. The van der Waals surface area contributed by atoms with E-state index in [2.05, 4.69) is 5.32 Å². The number of nitrogens with one attached hydrogen (secondary N) is 1. The van der Waals surface area contributed by atoms with Crippen LogP contribution in [0.15, 0.2) is 18.2 Å². The summed E-state index contributed by atoms with van der Waals surface area (Å²) in [4.78, 5) is 12.3. The molecule has 0 saturated heterocycles. The molecule has 1 amide bonds. The lowest BCUT2D eigenvalue weighted by Crippen LogP contribution is -2.52. The summed E-state index contributed by atoms with van der Waals surface area (Å²) >= 11 is 0. The number of halogens is 2. The van der Waals surface area contributed by atoms with Crippen LogP contribution in [0, 0.1) is 5.82 Å². The van der Waals surface area contributed by atoms with E-state index in [1.807, 2.05) is 0 Å². The van der Waals surface area contributed by atoms with Gasteiger partial charge in [0.1, 0.15) is 11.6 Å². The highest BCUT2D eigenvalue weighted by Crippen LogP contribution is 2.30. The summed E-state index contributed by atoms with van der Waals surface area (Å²) in [6, 6.07) is 3.91. The lowest BCUT2D eigenvalue weighted by molar-refractivity contribution is -0.126. The molecule has 1 atom stereocenters. The molecule has 0 aliphatic heterocycles. The average Bonchev–Trinajstić information content (AvgIpc) is 2.87. The smallest absolute Gasteiger partial charge is 0.240 e. The van der Waals surface area contributed by atoms with Crippen molar-refractivity contribution in [1.29, 1.82) is 0 Å². The Morgan fingerprint density at radius 2 is 2.05 bits per heavy atom. The summed E-state index contributed by atoms with van der Waals surface area (Å²) in [6.45, 7) is 1.80. The number of benzene rings is 1. The van der Waals surface area contributed by atoms with Crippen LogP contribution in [0.25, 0.3) is 0 Å². The molecule has 0 aromatic heterocycles. The summed E-state index contributed by atoms with van der Waals surface area (Å²) in [5, 5.41) is 2.87. The van der Waals surface area contributed by atoms with Gasteiger partial charge in [-0.3, -0.25) is 4.79 Å². The Hall–Kier alpha value is -1.33.